The van der Waals surface area contributed by atoms with Crippen molar-refractivity contribution in [2.75, 3.05) is 23.7 Å². The summed E-state index contributed by atoms with van der Waals surface area (Å²) in [6.45, 7) is 10.4. The second-order valence-corrected chi connectivity index (χ2v) is 11.1. The van der Waals surface area contributed by atoms with Gasteiger partial charge < -0.3 is 10.6 Å². The molecule has 1 aliphatic heterocycles. The molecule has 2 aromatic rings. The highest BCUT2D eigenvalue weighted by molar-refractivity contribution is 7.89. The Morgan fingerprint density at radius 2 is 1.52 bits per heavy atom. The van der Waals surface area contributed by atoms with Gasteiger partial charge in [-0.1, -0.05) is 20.8 Å². The fourth-order valence-electron chi connectivity index (χ4n) is 3.72. The van der Waals surface area contributed by atoms with Crippen molar-refractivity contribution in [2.24, 2.45) is 11.8 Å². The minimum Gasteiger partial charge on any atom is -0.326 e. The van der Waals surface area contributed by atoms with Crippen molar-refractivity contribution in [2.45, 2.75) is 52.4 Å². The van der Waals surface area contributed by atoms with Gasteiger partial charge in [0.2, 0.25) is 15.9 Å². The maximum atomic E-state index is 13.3. The van der Waals surface area contributed by atoms with Gasteiger partial charge in [-0.3, -0.25) is 9.59 Å². The van der Waals surface area contributed by atoms with E-state index < -0.39 is 10.0 Å². The van der Waals surface area contributed by atoms with Gasteiger partial charge in [0.1, 0.15) is 0 Å². The first-order valence-corrected chi connectivity index (χ1v) is 12.8. The van der Waals surface area contributed by atoms with Gasteiger partial charge in [-0.25, -0.2) is 8.42 Å². The molecule has 0 aromatic heterocycles. The van der Waals surface area contributed by atoms with Crippen LogP contribution in [0.2, 0.25) is 0 Å². The summed E-state index contributed by atoms with van der Waals surface area (Å²) in [7, 11) is -3.68. The highest BCUT2D eigenvalue weighted by atomic mass is 32.2. The molecule has 2 amide bonds. The monoisotopic (exact) mass is 471 g/mol. The zero-order chi connectivity index (χ0) is 24.3. The van der Waals surface area contributed by atoms with Crippen LogP contribution < -0.4 is 10.6 Å². The van der Waals surface area contributed by atoms with Crippen LogP contribution in [0.15, 0.2) is 41.3 Å². The van der Waals surface area contributed by atoms with Gasteiger partial charge in [0.15, 0.2) is 0 Å². The highest BCUT2D eigenvalue weighted by Crippen LogP contribution is 2.28. The first-order chi connectivity index (χ1) is 15.5. The van der Waals surface area contributed by atoms with Crippen LogP contribution in [0, 0.1) is 25.7 Å². The molecule has 3 rings (SSSR count). The van der Waals surface area contributed by atoms with E-state index >= 15 is 0 Å². The topological polar surface area (TPSA) is 95.6 Å². The summed E-state index contributed by atoms with van der Waals surface area (Å²) < 4.78 is 28.2. The maximum Gasteiger partial charge on any atom is 0.255 e. The zero-order valence-corrected chi connectivity index (χ0v) is 20.8. The number of rotatable bonds is 6. The fraction of sp³-hybridized carbons (Fsp3) is 0.440. The molecule has 2 N–H and O–H groups in total. The lowest BCUT2D eigenvalue weighted by Gasteiger charge is -2.30. The van der Waals surface area contributed by atoms with E-state index in [-0.39, 0.29) is 22.6 Å². The van der Waals surface area contributed by atoms with Crippen LogP contribution in [0.5, 0.6) is 0 Å². The van der Waals surface area contributed by atoms with Crippen LogP contribution in [-0.2, 0) is 14.8 Å². The van der Waals surface area contributed by atoms with Crippen LogP contribution in [0.25, 0.3) is 0 Å². The largest absolute Gasteiger partial charge is 0.326 e. The number of carbonyl (C=O) groups excluding carboxylic acids is 2. The molecule has 0 bridgehead atoms. The molecule has 0 atom stereocenters. The molecule has 7 nitrogen and oxygen atoms in total. The standard InChI is InChI=1S/C25H33N3O4S/c1-16(2)24(29)26-21-6-8-22(9-7-21)27-25(30)20-14-18(4)19(5)23(15-20)33(31,32)28-12-10-17(3)11-13-28/h6-9,14-17H,10-13H2,1-5H3,(H,26,29)(H,27,30). The third-order valence-electron chi connectivity index (χ3n) is 6.18. The third-order valence-corrected chi connectivity index (χ3v) is 8.20. The van der Waals surface area contributed by atoms with E-state index in [1.807, 2.05) is 20.8 Å². The number of aryl methyl sites for hydroxylation is 1. The number of anilines is 2. The maximum absolute atomic E-state index is 13.3. The van der Waals surface area contributed by atoms with Gasteiger partial charge >= 0.3 is 0 Å². The molecule has 178 valence electrons. The van der Waals surface area contributed by atoms with Crippen molar-refractivity contribution >= 4 is 33.2 Å². The second-order valence-electron chi connectivity index (χ2n) is 9.18. The summed E-state index contributed by atoms with van der Waals surface area (Å²) in [5.74, 6) is -0.0888. The van der Waals surface area contributed by atoms with E-state index in [1.165, 1.54) is 10.4 Å². The van der Waals surface area contributed by atoms with E-state index in [4.69, 9.17) is 0 Å². The lowest BCUT2D eigenvalue weighted by Crippen LogP contribution is -2.38. The summed E-state index contributed by atoms with van der Waals surface area (Å²) in [4.78, 5) is 25.0. The fourth-order valence-corrected chi connectivity index (χ4v) is 5.51. The zero-order valence-electron chi connectivity index (χ0n) is 19.9. The molecule has 1 fully saturated rings. The Kier molecular flexibility index (Phi) is 7.59. The predicted octanol–water partition coefficient (Wildman–Crippen LogP) is 4.57. The predicted molar refractivity (Wildman–Crippen MR) is 131 cm³/mol. The Balaban J connectivity index is 1.80. The average Bonchev–Trinajstić information content (AvgIpc) is 2.76. The molecule has 33 heavy (non-hydrogen) atoms. The van der Waals surface area contributed by atoms with Crippen molar-refractivity contribution in [1.82, 2.24) is 4.31 Å². The first kappa shape index (κ1) is 24.9. The molecular weight excluding hydrogens is 438 g/mol. The average molecular weight is 472 g/mol. The van der Waals surface area contributed by atoms with Crippen LogP contribution in [0.1, 0.15) is 55.1 Å². The van der Waals surface area contributed by atoms with Crippen LogP contribution in [-0.4, -0.2) is 37.6 Å². The van der Waals surface area contributed by atoms with Crippen molar-refractivity contribution in [3.05, 3.63) is 53.1 Å². The number of nitrogens with zero attached hydrogens (tertiary/aromatic N) is 1. The number of carbonyl (C=O) groups is 2. The molecule has 0 spiro atoms. The van der Waals surface area contributed by atoms with E-state index in [1.54, 1.807) is 37.3 Å². The molecule has 1 aliphatic rings. The summed E-state index contributed by atoms with van der Waals surface area (Å²) in [5, 5.41) is 5.61. The van der Waals surface area contributed by atoms with Crippen LogP contribution >= 0.6 is 0 Å². The summed E-state index contributed by atoms with van der Waals surface area (Å²) >= 11 is 0. The lowest BCUT2D eigenvalue weighted by molar-refractivity contribution is -0.118. The number of sulfonamides is 1. The third kappa shape index (κ3) is 5.81. The molecule has 1 saturated heterocycles. The Bertz CT molecular complexity index is 1130. The van der Waals surface area contributed by atoms with Crippen molar-refractivity contribution < 1.29 is 18.0 Å². The van der Waals surface area contributed by atoms with Gasteiger partial charge in [0.25, 0.3) is 5.91 Å². The number of amides is 2. The highest BCUT2D eigenvalue weighted by Gasteiger charge is 2.30. The first-order valence-electron chi connectivity index (χ1n) is 11.3. The van der Waals surface area contributed by atoms with E-state index in [0.717, 1.165) is 18.4 Å². The quantitative estimate of drug-likeness (QED) is 0.645. The lowest BCUT2D eigenvalue weighted by atomic mass is 10.0. The van der Waals surface area contributed by atoms with Crippen molar-refractivity contribution in [3.8, 4) is 0 Å². The molecule has 8 heteroatoms. The number of benzene rings is 2. The van der Waals surface area contributed by atoms with Gasteiger partial charge in [-0.05, 0) is 80.1 Å². The van der Waals surface area contributed by atoms with Gasteiger partial charge in [0, 0.05) is 35.9 Å². The number of nitrogens with one attached hydrogen (secondary N) is 2. The summed E-state index contributed by atoms with van der Waals surface area (Å²) in [5.41, 5.74) is 2.89. The molecular formula is C25H33N3O4S. The minimum atomic E-state index is -3.68. The normalized spacial score (nSPS) is 15.5. The van der Waals surface area contributed by atoms with E-state index in [0.29, 0.717) is 41.5 Å². The SMILES string of the molecule is Cc1cc(C(=O)Nc2ccc(NC(=O)C(C)C)cc2)cc(S(=O)(=O)N2CCC(C)CC2)c1C. The van der Waals surface area contributed by atoms with Crippen molar-refractivity contribution in [1.29, 1.82) is 0 Å². The molecule has 0 saturated carbocycles. The van der Waals surface area contributed by atoms with Crippen LogP contribution in [0.3, 0.4) is 0 Å². The summed E-state index contributed by atoms with van der Waals surface area (Å²) in [6.07, 6.45) is 1.68. The minimum absolute atomic E-state index is 0.0844. The molecule has 0 aliphatic carbocycles. The number of hydrogen-bond donors (Lipinski definition) is 2. The number of hydrogen-bond acceptors (Lipinski definition) is 4. The molecule has 0 radical (unpaired) electrons. The van der Waals surface area contributed by atoms with Gasteiger partial charge in [-0.15, -0.1) is 0 Å². The Hall–Kier alpha value is -2.71. The second kappa shape index (κ2) is 10.1. The molecule has 0 unspecified atom stereocenters. The summed E-state index contributed by atoms with van der Waals surface area (Å²) in [6, 6.07) is 10.00. The smallest absolute Gasteiger partial charge is 0.255 e. The Morgan fingerprint density at radius 3 is 2.06 bits per heavy atom. The van der Waals surface area contributed by atoms with E-state index in [9.17, 15) is 18.0 Å². The van der Waals surface area contributed by atoms with Crippen LogP contribution in [0.4, 0.5) is 11.4 Å². The number of piperidine rings is 1. The Morgan fingerprint density at radius 1 is 0.970 bits per heavy atom. The Labute approximate surface area is 196 Å². The molecule has 2 aromatic carbocycles. The molecule has 1 heterocycles. The van der Waals surface area contributed by atoms with Gasteiger partial charge in [-0.2, -0.15) is 4.31 Å². The van der Waals surface area contributed by atoms with E-state index in [2.05, 4.69) is 17.6 Å². The van der Waals surface area contributed by atoms with Gasteiger partial charge in [0.05, 0.1) is 4.90 Å². The van der Waals surface area contributed by atoms with Crippen molar-refractivity contribution in [3.63, 3.8) is 0 Å².